The van der Waals surface area contributed by atoms with E-state index in [4.69, 9.17) is 17.3 Å². The molecular weight excluding hydrogens is 256 g/mol. The Bertz CT molecular complexity index is 584. The third-order valence-electron chi connectivity index (χ3n) is 2.83. The first kappa shape index (κ1) is 13.0. The molecule has 1 nitrogen and oxygen atoms in total. The van der Waals surface area contributed by atoms with Crippen LogP contribution in [0.4, 0.5) is 8.78 Å². The average molecular weight is 268 g/mol. The average Bonchev–Trinajstić information content (AvgIpc) is 2.35. The minimum atomic E-state index is -0.711. The summed E-state index contributed by atoms with van der Waals surface area (Å²) >= 11 is 5.91. The molecule has 1 atom stereocenters. The molecule has 0 fully saturated rings. The molecule has 2 aromatic carbocycles. The van der Waals surface area contributed by atoms with E-state index >= 15 is 0 Å². The number of rotatable bonds is 2. The van der Waals surface area contributed by atoms with E-state index in [1.807, 2.05) is 6.92 Å². The van der Waals surface area contributed by atoms with Crippen molar-refractivity contribution in [2.75, 3.05) is 0 Å². The number of halogens is 3. The first-order chi connectivity index (χ1) is 8.49. The van der Waals surface area contributed by atoms with Gasteiger partial charge in [0.15, 0.2) is 0 Å². The summed E-state index contributed by atoms with van der Waals surface area (Å²) in [4.78, 5) is 0. The molecule has 0 aliphatic rings. The maximum atomic E-state index is 13.6. The van der Waals surface area contributed by atoms with E-state index in [1.165, 1.54) is 0 Å². The molecule has 94 valence electrons. The molecule has 0 aliphatic carbocycles. The van der Waals surface area contributed by atoms with Gasteiger partial charge in [-0.3, -0.25) is 0 Å². The first-order valence-electron chi connectivity index (χ1n) is 5.45. The van der Waals surface area contributed by atoms with Gasteiger partial charge in [0.2, 0.25) is 0 Å². The molecule has 2 rings (SSSR count). The number of hydrogen-bond donors (Lipinski definition) is 1. The molecular formula is C14H12ClF2N. The van der Waals surface area contributed by atoms with E-state index in [9.17, 15) is 8.78 Å². The Kier molecular flexibility index (Phi) is 3.64. The van der Waals surface area contributed by atoms with Crippen molar-refractivity contribution >= 4 is 11.6 Å². The van der Waals surface area contributed by atoms with Gasteiger partial charge in [-0.1, -0.05) is 23.7 Å². The Hall–Kier alpha value is -1.45. The maximum Gasteiger partial charge on any atom is 0.128 e. The van der Waals surface area contributed by atoms with Gasteiger partial charge in [-0.25, -0.2) is 8.78 Å². The number of hydrogen-bond acceptors (Lipinski definition) is 1. The molecule has 18 heavy (non-hydrogen) atoms. The zero-order valence-corrected chi connectivity index (χ0v) is 10.5. The largest absolute Gasteiger partial charge is 0.320 e. The van der Waals surface area contributed by atoms with E-state index in [1.54, 1.807) is 18.2 Å². The SMILES string of the molecule is Cc1cc(C(N)c2cc(F)ccc2F)ccc1Cl. The van der Waals surface area contributed by atoms with Crippen LogP contribution >= 0.6 is 11.6 Å². The highest BCUT2D eigenvalue weighted by molar-refractivity contribution is 6.31. The highest BCUT2D eigenvalue weighted by Crippen LogP contribution is 2.26. The predicted octanol–water partition coefficient (Wildman–Crippen LogP) is 3.97. The molecule has 2 aromatic rings. The van der Waals surface area contributed by atoms with Gasteiger partial charge in [-0.05, 0) is 42.3 Å². The molecule has 0 saturated heterocycles. The van der Waals surface area contributed by atoms with Crippen LogP contribution in [-0.2, 0) is 0 Å². The van der Waals surface area contributed by atoms with Crippen LogP contribution in [0.3, 0.4) is 0 Å². The highest BCUT2D eigenvalue weighted by atomic mass is 35.5. The summed E-state index contributed by atoms with van der Waals surface area (Å²) in [7, 11) is 0. The standard InChI is InChI=1S/C14H12ClF2N/c1-8-6-9(2-4-12(8)15)14(18)11-7-10(16)3-5-13(11)17/h2-7,14H,18H2,1H3. The molecule has 0 amide bonds. The summed E-state index contributed by atoms with van der Waals surface area (Å²) in [5.74, 6) is -1.02. The number of aryl methyl sites for hydroxylation is 1. The van der Waals surface area contributed by atoms with Crippen molar-refractivity contribution in [2.24, 2.45) is 5.73 Å². The van der Waals surface area contributed by atoms with Gasteiger partial charge in [0.05, 0.1) is 6.04 Å². The quantitative estimate of drug-likeness (QED) is 0.875. The van der Waals surface area contributed by atoms with E-state index in [2.05, 4.69) is 0 Å². The number of nitrogens with two attached hydrogens (primary N) is 1. The lowest BCUT2D eigenvalue weighted by Crippen LogP contribution is -2.14. The Morgan fingerprint density at radius 2 is 1.83 bits per heavy atom. The second-order valence-corrected chi connectivity index (χ2v) is 4.56. The Morgan fingerprint density at radius 3 is 2.50 bits per heavy atom. The smallest absolute Gasteiger partial charge is 0.128 e. The van der Waals surface area contributed by atoms with Crippen molar-refractivity contribution in [1.82, 2.24) is 0 Å². The topological polar surface area (TPSA) is 26.0 Å². The number of benzene rings is 2. The van der Waals surface area contributed by atoms with Gasteiger partial charge < -0.3 is 5.73 Å². The zero-order chi connectivity index (χ0) is 13.3. The zero-order valence-electron chi connectivity index (χ0n) is 9.75. The van der Waals surface area contributed by atoms with E-state index in [0.717, 1.165) is 23.8 Å². The van der Waals surface area contributed by atoms with Crippen LogP contribution in [0.2, 0.25) is 5.02 Å². The summed E-state index contributed by atoms with van der Waals surface area (Å²) in [6, 6.07) is 7.73. The second-order valence-electron chi connectivity index (χ2n) is 4.15. The first-order valence-corrected chi connectivity index (χ1v) is 5.83. The van der Waals surface area contributed by atoms with Crippen LogP contribution in [0.15, 0.2) is 36.4 Å². The predicted molar refractivity (Wildman–Crippen MR) is 68.6 cm³/mol. The molecule has 2 N–H and O–H groups in total. The third-order valence-corrected chi connectivity index (χ3v) is 3.26. The van der Waals surface area contributed by atoms with Crippen LogP contribution in [0.25, 0.3) is 0 Å². The normalized spacial score (nSPS) is 12.5. The van der Waals surface area contributed by atoms with Gasteiger partial charge >= 0.3 is 0 Å². The van der Waals surface area contributed by atoms with Crippen molar-refractivity contribution in [3.05, 3.63) is 69.7 Å². The lowest BCUT2D eigenvalue weighted by atomic mass is 9.97. The molecule has 0 saturated carbocycles. The molecule has 0 bridgehead atoms. The molecule has 0 radical (unpaired) electrons. The van der Waals surface area contributed by atoms with Gasteiger partial charge in [-0.2, -0.15) is 0 Å². The molecule has 1 unspecified atom stereocenters. The van der Waals surface area contributed by atoms with Gasteiger partial charge in [0.1, 0.15) is 11.6 Å². The van der Waals surface area contributed by atoms with Gasteiger partial charge in [-0.15, -0.1) is 0 Å². The Balaban J connectivity index is 2.44. The van der Waals surface area contributed by atoms with Crippen molar-refractivity contribution in [2.45, 2.75) is 13.0 Å². The Labute approximate surface area is 109 Å². The van der Waals surface area contributed by atoms with Gasteiger partial charge in [0, 0.05) is 10.6 Å². The monoisotopic (exact) mass is 267 g/mol. The Morgan fingerprint density at radius 1 is 1.11 bits per heavy atom. The van der Waals surface area contributed by atoms with E-state index in [-0.39, 0.29) is 5.56 Å². The lowest BCUT2D eigenvalue weighted by Gasteiger charge is -2.14. The summed E-state index contributed by atoms with van der Waals surface area (Å²) in [6.07, 6.45) is 0. The van der Waals surface area contributed by atoms with Crippen LogP contribution in [0.5, 0.6) is 0 Å². The highest BCUT2D eigenvalue weighted by Gasteiger charge is 2.15. The van der Waals surface area contributed by atoms with E-state index < -0.39 is 17.7 Å². The minimum absolute atomic E-state index is 0.136. The summed E-state index contributed by atoms with van der Waals surface area (Å²) in [5.41, 5.74) is 7.64. The summed E-state index contributed by atoms with van der Waals surface area (Å²) in [5, 5.41) is 0.616. The van der Waals surface area contributed by atoms with Crippen LogP contribution in [0, 0.1) is 18.6 Å². The molecule has 0 heterocycles. The third kappa shape index (κ3) is 2.52. The van der Waals surface area contributed by atoms with Crippen molar-refractivity contribution in [3.8, 4) is 0 Å². The van der Waals surface area contributed by atoms with Crippen LogP contribution < -0.4 is 5.73 Å². The lowest BCUT2D eigenvalue weighted by molar-refractivity contribution is 0.576. The molecule has 4 heteroatoms. The fraction of sp³-hybridized carbons (Fsp3) is 0.143. The fourth-order valence-electron chi connectivity index (χ4n) is 1.79. The van der Waals surface area contributed by atoms with Crippen molar-refractivity contribution < 1.29 is 8.78 Å². The summed E-state index contributed by atoms with van der Waals surface area (Å²) < 4.78 is 26.7. The van der Waals surface area contributed by atoms with Crippen molar-refractivity contribution in [1.29, 1.82) is 0 Å². The molecule has 0 spiro atoms. The van der Waals surface area contributed by atoms with Crippen LogP contribution in [-0.4, -0.2) is 0 Å². The van der Waals surface area contributed by atoms with Crippen molar-refractivity contribution in [3.63, 3.8) is 0 Å². The molecule has 0 aromatic heterocycles. The molecule has 0 aliphatic heterocycles. The van der Waals surface area contributed by atoms with Crippen LogP contribution in [0.1, 0.15) is 22.7 Å². The second kappa shape index (κ2) is 5.04. The fourth-order valence-corrected chi connectivity index (χ4v) is 1.91. The maximum absolute atomic E-state index is 13.6. The summed E-state index contributed by atoms with van der Waals surface area (Å²) in [6.45, 7) is 1.83. The minimum Gasteiger partial charge on any atom is -0.320 e. The van der Waals surface area contributed by atoms with Gasteiger partial charge in [0.25, 0.3) is 0 Å². The van der Waals surface area contributed by atoms with E-state index in [0.29, 0.717) is 10.6 Å².